The summed E-state index contributed by atoms with van der Waals surface area (Å²) in [4.78, 5) is 22.4. The zero-order chi connectivity index (χ0) is 12.6. The predicted molar refractivity (Wildman–Crippen MR) is 58.1 cm³/mol. The van der Waals surface area contributed by atoms with Crippen LogP contribution < -0.4 is 10.6 Å². The van der Waals surface area contributed by atoms with Crippen LogP contribution in [0.4, 0.5) is 9.18 Å². The fourth-order valence-corrected chi connectivity index (χ4v) is 1.45. The number of amides is 2. The molecule has 0 aliphatic carbocycles. The lowest BCUT2D eigenvalue weighted by Gasteiger charge is -2.29. The molecule has 16 heavy (non-hydrogen) atoms. The molecule has 0 aliphatic rings. The van der Waals surface area contributed by atoms with Crippen molar-refractivity contribution in [3.8, 4) is 0 Å². The molecular weight excluding hydrogens is 215 g/mol. The Balaban J connectivity index is 4.49. The number of hydrogen-bond acceptors (Lipinski definition) is 2. The van der Waals surface area contributed by atoms with Crippen molar-refractivity contribution in [2.24, 2.45) is 0 Å². The van der Waals surface area contributed by atoms with E-state index in [-0.39, 0.29) is 13.0 Å². The molecule has 0 heterocycles. The Hall–Kier alpha value is -1.33. The number of hydrogen-bond donors (Lipinski definition) is 3. The minimum Gasteiger partial charge on any atom is -0.465 e. The zero-order valence-electron chi connectivity index (χ0n) is 9.68. The quantitative estimate of drug-likeness (QED) is 0.581. The standard InChI is InChI=1S/C10H19FN2O3/c1-3-10(4-2,13-9(15)16)8(14)12-7-5-6-11/h13H,3-7H2,1-2H3,(H,12,14)(H,15,16). The van der Waals surface area contributed by atoms with Crippen molar-refractivity contribution in [1.82, 2.24) is 10.6 Å². The number of carboxylic acid groups (broad SMARTS) is 1. The normalized spacial score (nSPS) is 10.9. The molecule has 0 rings (SSSR count). The van der Waals surface area contributed by atoms with Crippen LogP contribution in [0.5, 0.6) is 0 Å². The second-order valence-corrected chi connectivity index (χ2v) is 3.52. The van der Waals surface area contributed by atoms with Gasteiger partial charge in [0.2, 0.25) is 5.91 Å². The summed E-state index contributed by atoms with van der Waals surface area (Å²) < 4.78 is 11.9. The van der Waals surface area contributed by atoms with E-state index >= 15 is 0 Å². The van der Waals surface area contributed by atoms with E-state index in [4.69, 9.17) is 5.11 Å². The Morgan fingerprint density at radius 1 is 1.31 bits per heavy atom. The van der Waals surface area contributed by atoms with Gasteiger partial charge in [0.1, 0.15) is 5.54 Å². The van der Waals surface area contributed by atoms with Crippen LogP contribution in [0.1, 0.15) is 33.1 Å². The average molecular weight is 234 g/mol. The Morgan fingerprint density at radius 2 is 1.88 bits per heavy atom. The van der Waals surface area contributed by atoms with Gasteiger partial charge in [-0.2, -0.15) is 0 Å². The Labute approximate surface area is 94.4 Å². The molecule has 0 unspecified atom stereocenters. The minimum absolute atomic E-state index is 0.221. The van der Waals surface area contributed by atoms with E-state index < -0.39 is 24.2 Å². The molecule has 0 saturated carbocycles. The van der Waals surface area contributed by atoms with Gasteiger partial charge in [-0.25, -0.2) is 4.79 Å². The minimum atomic E-state index is -1.23. The van der Waals surface area contributed by atoms with Crippen LogP contribution in [-0.4, -0.2) is 35.9 Å². The maximum atomic E-state index is 11.9. The van der Waals surface area contributed by atoms with Gasteiger partial charge in [-0.3, -0.25) is 9.18 Å². The number of rotatable bonds is 7. The van der Waals surface area contributed by atoms with Gasteiger partial charge in [-0.1, -0.05) is 13.8 Å². The molecule has 0 spiro atoms. The lowest BCUT2D eigenvalue weighted by Crippen LogP contribution is -2.58. The van der Waals surface area contributed by atoms with Crippen LogP contribution >= 0.6 is 0 Å². The summed E-state index contributed by atoms with van der Waals surface area (Å²) in [6, 6.07) is 0. The SMILES string of the molecule is CCC(CC)(NC(=O)O)C(=O)NCCCF. The lowest BCUT2D eigenvalue weighted by atomic mass is 9.92. The van der Waals surface area contributed by atoms with Gasteiger partial charge >= 0.3 is 6.09 Å². The summed E-state index contributed by atoms with van der Waals surface area (Å²) in [6.45, 7) is 3.18. The first kappa shape index (κ1) is 14.7. The van der Waals surface area contributed by atoms with Gasteiger partial charge in [-0.05, 0) is 19.3 Å². The second-order valence-electron chi connectivity index (χ2n) is 3.52. The Morgan fingerprint density at radius 3 is 2.25 bits per heavy atom. The van der Waals surface area contributed by atoms with Crippen LogP contribution in [0.25, 0.3) is 0 Å². The largest absolute Gasteiger partial charge is 0.465 e. The van der Waals surface area contributed by atoms with Crippen molar-refractivity contribution in [1.29, 1.82) is 0 Å². The maximum absolute atomic E-state index is 11.9. The van der Waals surface area contributed by atoms with Crippen LogP contribution in [0.3, 0.4) is 0 Å². The molecule has 0 aromatic heterocycles. The van der Waals surface area contributed by atoms with Crippen LogP contribution in [-0.2, 0) is 4.79 Å². The molecule has 0 aliphatic heterocycles. The van der Waals surface area contributed by atoms with Crippen molar-refractivity contribution in [2.45, 2.75) is 38.6 Å². The number of halogens is 1. The van der Waals surface area contributed by atoms with Crippen molar-refractivity contribution in [3.63, 3.8) is 0 Å². The molecule has 0 radical (unpaired) electrons. The van der Waals surface area contributed by atoms with Gasteiger partial charge in [0.05, 0.1) is 6.67 Å². The summed E-state index contributed by atoms with van der Waals surface area (Å²) in [5.74, 6) is -0.395. The van der Waals surface area contributed by atoms with Gasteiger partial charge in [0, 0.05) is 6.54 Å². The highest BCUT2D eigenvalue weighted by Crippen LogP contribution is 2.15. The highest BCUT2D eigenvalue weighted by Gasteiger charge is 2.36. The summed E-state index contributed by atoms with van der Waals surface area (Å²) in [5.41, 5.74) is -1.11. The second kappa shape index (κ2) is 7.03. The first-order valence-electron chi connectivity index (χ1n) is 5.37. The first-order valence-corrected chi connectivity index (χ1v) is 5.37. The number of alkyl halides is 1. The summed E-state index contributed by atoms with van der Waals surface area (Å²) in [6.07, 6.45) is -0.277. The van der Waals surface area contributed by atoms with Crippen LogP contribution in [0.15, 0.2) is 0 Å². The molecule has 0 aromatic carbocycles. The van der Waals surface area contributed by atoms with Gasteiger partial charge in [0.25, 0.3) is 0 Å². The third-order valence-electron chi connectivity index (χ3n) is 2.58. The molecule has 94 valence electrons. The molecule has 2 amide bonds. The van der Waals surface area contributed by atoms with Gasteiger partial charge in [0.15, 0.2) is 0 Å². The zero-order valence-corrected chi connectivity index (χ0v) is 9.68. The van der Waals surface area contributed by atoms with Gasteiger partial charge < -0.3 is 15.7 Å². The van der Waals surface area contributed by atoms with E-state index in [1.165, 1.54) is 0 Å². The summed E-state index contributed by atoms with van der Waals surface area (Å²) in [5, 5.41) is 13.4. The Bertz CT molecular complexity index is 242. The third kappa shape index (κ3) is 4.04. The highest BCUT2D eigenvalue weighted by molar-refractivity contribution is 5.89. The predicted octanol–water partition coefficient (Wildman–Crippen LogP) is 1.29. The average Bonchev–Trinajstić information content (AvgIpc) is 2.25. The highest BCUT2D eigenvalue weighted by atomic mass is 19.1. The molecule has 0 atom stereocenters. The fraction of sp³-hybridized carbons (Fsp3) is 0.800. The monoisotopic (exact) mass is 234 g/mol. The fourth-order valence-electron chi connectivity index (χ4n) is 1.45. The van der Waals surface area contributed by atoms with E-state index in [9.17, 15) is 14.0 Å². The van der Waals surface area contributed by atoms with E-state index in [1.54, 1.807) is 13.8 Å². The number of nitrogens with one attached hydrogen (secondary N) is 2. The molecule has 5 nitrogen and oxygen atoms in total. The summed E-state index contributed by atoms with van der Waals surface area (Å²) >= 11 is 0. The van der Waals surface area contributed by atoms with Crippen molar-refractivity contribution in [3.05, 3.63) is 0 Å². The molecule has 0 bridgehead atoms. The smallest absolute Gasteiger partial charge is 0.405 e. The maximum Gasteiger partial charge on any atom is 0.405 e. The molecule has 0 fully saturated rings. The lowest BCUT2D eigenvalue weighted by molar-refractivity contribution is -0.127. The van der Waals surface area contributed by atoms with E-state index in [0.717, 1.165) is 0 Å². The number of carbonyl (C=O) groups excluding carboxylic acids is 1. The number of carbonyl (C=O) groups is 2. The molecule has 0 aromatic rings. The molecular formula is C10H19FN2O3. The topological polar surface area (TPSA) is 78.4 Å². The van der Waals surface area contributed by atoms with Crippen molar-refractivity contribution < 1.29 is 19.1 Å². The van der Waals surface area contributed by atoms with Crippen LogP contribution in [0, 0.1) is 0 Å². The van der Waals surface area contributed by atoms with Crippen molar-refractivity contribution >= 4 is 12.0 Å². The van der Waals surface area contributed by atoms with E-state index in [2.05, 4.69) is 10.6 Å². The third-order valence-corrected chi connectivity index (χ3v) is 2.58. The van der Waals surface area contributed by atoms with Gasteiger partial charge in [-0.15, -0.1) is 0 Å². The van der Waals surface area contributed by atoms with E-state index in [1.807, 2.05) is 0 Å². The summed E-state index contributed by atoms with van der Waals surface area (Å²) in [7, 11) is 0. The molecule has 0 saturated heterocycles. The molecule has 3 N–H and O–H groups in total. The first-order chi connectivity index (χ1) is 7.52. The van der Waals surface area contributed by atoms with Crippen molar-refractivity contribution in [2.75, 3.05) is 13.2 Å². The van der Waals surface area contributed by atoms with Crippen LogP contribution in [0.2, 0.25) is 0 Å². The Kier molecular flexibility index (Phi) is 6.44. The molecule has 6 heteroatoms. The van der Waals surface area contributed by atoms with E-state index in [0.29, 0.717) is 12.8 Å².